The minimum atomic E-state index is 0.290. The zero-order valence-electron chi connectivity index (χ0n) is 13.9. The molecule has 0 aliphatic heterocycles. The first-order valence-corrected chi connectivity index (χ1v) is 7.83. The molecule has 3 heteroatoms. The molecule has 0 radical (unpaired) electrons. The van der Waals surface area contributed by atoms with E-state index in [-0.39, 0.29) is 6.04 Å². The van der Waals surface area contributed by atoms with Crippen LogP contribution in [0.3, 0.4) is 0 Å². The first-order chi connectivity index (χ1) is 10.1. The lowest BCUT2D eigenvalue weighted by molar-refractivity contribution is 0.459. The van der Waals surface area contributed by atoms with E-state index in [9.17, 15) is 0 Å². The molecular weight excluding hydrogens is 258 g/mol. The number of hydrogen-bond acceptors (Lipinski definition) is 2. The number of aryl methyl sites for hydroxylation is 2. The SMILES string of the molecule is CCCc1ccc(C(Cn2nc(C)c(C)c2C)NC)cc1. The predicted molar refractivity (Wildman–Crippen MR) is 88.7 cm³/mol. The van der Waals surface area contributed by atoms with E-state index in [1.54, 1.807) is 0 Å². The van der Waals surface area contributed by atoms with E-state index in [0.717, 1.165) is 18.7 Å². The first kappa shape index (κ1) is 15.8. The number of likely N-dealkylation sites (N-methyl/N-ethyl adjacent to an activating group) is 1. The largest absolute Gasteiger partial charge is 0.311 e. The van der Waals surface area contributed by atoms with E-state index in [1.807, 2.05) is 7.05 Å². The summed E-state index contributed by atoms with van der Waals surface area (Å²) in [4.78, 5) is 0. The van der Waals surface area contributed by atoms with Gasteiger partial charge in [0.25, 0.3) is 0 Å². The van der Waals surface area contributed by atoms with Crippen LogP contribution in [0, 0.1) is 20.8 Å². The number of aromatic nitrogens is 2. The van der Waals surface area contributed by atoms with Gasteiger partial charge in [0.15, 0.2) is 0 Å². The van der Waals surface area contributed by atoms with Gasteiger partial charge in [-0.05, 0) is 50.9 Å². The van der Waals surface area contributed by atoms with Crippen LogP contribution in [0.2, 0.25) is 0 Å². The van der Waals surface area contributed by atoms with Crippen molar-refractivity contribution in [3.63, 3.8) is 0 Å². The van der Waals surface area contributed by atoms with Gasteiger partial charge in [0.05, 0.1) is 18.3 Å². The Bertz CT molecular complexity index is 581. The van der Waals surface area contributed by atoms with Crippen LogP contribution in [-0.2, 0) is 13.0 Å². The molecule has 0 spiro atoms. The first-order valence-electron chi connectivity index (χ1n) is 7.83. The van der Waals surface area contributed by atoms with Crippen LogP contribution in [0.4, 0.5) is 0 Å². The highest BCUT2D eigenvalue weighted by Gasteiger charge is 2.14. The van der Waals surface area contributed by atoms with Gasteiger partial charge in [-0.25, -0.2) is 0 Å². The molecule has 2 aromatic rings. The molecule has 1 atom stereocenters. The second-order valence-corrected chi connectivity index (χ2v) is 5.81. The van der Waals surface area contributed by atoms with Crippen molar-refractivity contribution in [1.82, 2.24) is 15.1 Å². The van der Waals surface area contributed by atoms with Crippen molar-refractivity contribution in [2.75, 3.05) is 7.05 Å². The summed E-state index contributed by atoms with van der Waals surface area (Å²) in [5.74, 6) is 0. The molecule has 0 saturated heterocycles. The number of nitrogens with one attached hydrogen (secondary N) is 1. The van der Waals surface area contributed by atoms with Crippen molar-refractivity contribution in [3.05, 3.63) is 52.3 Å². The molecule has 1 aromatic carbocycles. The molecule has 1 aromatic heterocycles. The summed E-state index contributed by atoms with van der Waals surface area (Å²) in [7, 11) is 2.02. The Hall–Kier alpha value is -1.61. The molecule has 1 heterocycles. The molecule has 0 amide bonds. The quantitative estimate of drug-likeness (QED) is 0.876. The van der Waals surface area contributed by atoms with Crippen LogP contribution in [0.15, 0.2) is 24.3 Å². The van der Waals surface area contributed by atoms with Crippen LogP contribution >= 0.6 is 0 Å². The molecule has 1 unspecified atom stereocenters. The Morgan fingerprint density at radius 1 is 1.14 bits per heavy atom. The zero-order chi connectivity index (χ0) is 15.4. The van der Waals surface area contributed by atoms with Crippen molar-refractivity contribution in [1.29, 1.82) is 0 Å². The summed E-state index contributed by atoms with van der Waals surface area (Å²) < 4.78 is 2.12. The molecule has 0 aliphatic rings. The van der Waals surface area contributed by atoms with E-state index in [0.29, 0.717) is 0 Å². The van der Waals surface area contributed by atoms with Gasteiger partial charge in [-0.1, -0.05) is 37.6 Å². The van der Waals surface area contributed by atoms with Gasteiger partial charge in [-0.3, -0.25) is 4.68 Å². The molecule has 21 heavy (non-hydrogen) atoms. The Morgan fingerprint density at radius 3 is 2.29 bits per heavy atom. The summed E-state index contributed by atoms with van der Waals surface area (Å²) in [6.45, 7) is 9.45. The highest BCUT2D eigenvalue weighted by molar-refractivity contribution is 5.26. The van der Waals surface area contributed by atoms with Gasteiger partial charge >= 0.3 is 0 Å². The lowest BCUT2D eigenvalue weighted by atomic mass is 10.0. The Balaban J connectivity index is 2.17. The molecule has 0 fully saturated rings. The topological polar surface area (TPSA) is 29.9 Å². The van der Waals surface area contributed by atoms with E-state index >= 15 is 0 Å². The number of hydrogen-bond donors (Lipinski definition) is 1. The summed E-state index contributed by atoms with van der Waals surface area (Å²) in [6.07, 6.45) is 2.35. The lowest BCUT2D eigenvalue weighted by Gasteiger charge is -2.18. The molecule has 0 aliphatic carbocycles. The number of rotatable bonds is 6. The fourth-order valence-electron chi connectivity index (χ4n) is 2.71. The van der Waals surface area contributed by atoms with Crippen LogP contribution in [0.5, 0.6) is 0 Å². The minimum Gasteiger partial charge on any atom is -0.311 e. The predicted octanol–water partition coefficient (Wildman–Crippen LogP) is 3.72. The van der Waals surface area contributed by atoms with Crippen LogP contribution in [0.25, 0.3) is 0 Å². The van der Waals surface area contributed by atoms with Crippen LogP contribution < -0.4 is 5.32 Å². The Labute approximate surface area is 128 Å². The maximum atomic E-state index is 4.65. The van der Waals surface area contributed by atoms with E-state index in [1.165, 1.54) is 28.8 Å². The highest BCUT2D eigenvalue weighted by atomic mass is 15.3. The highest BCUT2D eigenvalue weighted by Crippen LogP contribution is 2.19. The monoisotopic (exact) mass is 285 g/mol. The normalized spacial score (nSPS) is 12.6. The Morgan fingerprint density at radius 2 is 1.81 bits per heavy atom. The average molecular weight is 285 g/mol. The Kier molecular flexibility index (Phi) is 5.18. The summed E-state index contributed by atoms with van der Waals surface area (Å²) in [5, 5.41) is 8.06. The van der Waals surface area contributed by atoms with E-state index < -0.39 is 0 Å². The fourth-order valence-corrected chi connectivity index (χ4v) is 2.71. The summed E-state index contributed by atoms with van der Waals surface area (Å²) >= 11 is 0. The third-order valence-corrected chi connectivity index (χ3v) is 4.37. The van der Waals surface area contributed by atoms with Gasteiger partial charge in [0, 0.05) is 5.69 Å². The van der Waals surface area contributed by atoms with E-state index in [2.05, 4.69) is 67.1 Å². The lowest BCUT2D eigenvalue weighted by Crippen LogP contribution is -2.23. The molecule has 2 rings (SSSR count). The molecular formula is C18H27N3. The van der Waals surface area contributed by atoms with E-state index in [4.69, 9.17) is 0 Å². The van der Waals surface area contributed by atoms with Gasteiger partial charge in [-0.2, -0.15) is 5.10 Å². The van der Waals surface area contributed by atoms with Gasteiger partial charge in [0.1, 0.15) is 0 Å². The van der Waals surface area contributed by atoms with Crippen LogP contribution in [0.1, 0.15) is 47.5 Å². The summed E-state index contributed by atoms with van der Waals surface area (Å²) in [6, 6.07) is 9.26. The van der Waals surface area contributed by atoms with Crippen molar-refractivity contribution >= 4 is 0 Å². The maximum absolute atomic E-state index is 4.65. The molecule has 0 saturated carbocycles. The second kappa shape index (κ2) is 6.90. The minimum absolute atomic E-state index is 0.290. The fraction of sp³-hybridized carbons (Fsp3) is 0.500. The maximum Gasteiger partial charge on any atom is 0.0625 e. The average Bonchev–Trinajstić information content (AvgIpc) is 2.73. The van der Waals surface area contributed by atoms with Gasteiger partial charge in [-0.15, -0.1) is 0 Å². The van der Waals surface area contributed by atoms with Crippen molar-refractivity contribution in [2.24, 2.45) is 0 Å². The van der Waals surface area contributed by atoms with Gasteiger partial charge < -0.3 is 5.32 Å². The standard InChI is InChI=1S/C18H27N3/c1-6-7-16-8-10-17(11-9-16)18(19-5)12-21-15(4)13(2)14(3)20-21/h8-11,18-19H,6-7,12H2,1-5H3. The third-order valence-electron chi connectivity index (χ3n) is 4.37. The van der Waals surface area contributed by atoms with Crippen molar-refractivity contribution in [2.45, 2.75) is 53.1 Å². The molecule has 1 N–H and O–H groups in total. The second-order valence-electron chi connectivity index (χ2n) is 5.81. The van der Waals surface area contributed by atoms with Crippen molar-refractivity contribution < 1.29 is 0 Å². The number of benzene rings is 1. The molecule has 0 bridgehead atoms. The van der Waals surface area contributed by atoms with Crippen LogP contribution in [-0.4, -0.2) is 16.8 Å². The summed E-state index contributed by atoms with van der Waals surface area (Å²) in [5.41, 5.74) is 6.42. The molecule has 3 nitrogen and oxygen atoms in total. The van der Waals surface area contributed by atoms with Gasteiger partial charge in [0.2, 0.25) is 0 Å². The van der Waals surface area contributed by atoms with Crippen molar-refractivity contribution in [3.8, 4) is 0 Å². The number of nitrogens with zero attached hydrogens (tertiary/aromatic N) is 2. The smallest absolute Gasteiger partial charge is 0.0625 e. The molecule has 114 valence electrons. The third kappa shape index (κ3) is 3.53. The zero-order valence-corrected chi connectivity index (χ0v) is 13.9.